The molecule has 1 heterocycles. The molecule has 0 saturated heterocycles. The largest absolute Gasteiger partial charge is 0.330 e. The topological polar surface area (TPSA) is 38.9 Å². The van der Waals surface area contributed by atoms with Crippen LogP contribution in [-0.2, 0) is 0 Å². The number of aromatic nitrogens is 1. The molecule has 18 heavy (non-hydrogen) atoms. The van der Waals surface area contributed by atoms with Gasteiger partial charge in [-0.05, 0) is 18.1 Å². The van der Waals surface area contributed by atoms with Gasteiger partial charge in [-0.15, -0.1) is 11.3 Å². The van der Waals surface area contributed by atoms with E-state index in [2.05, 4.69) is 47.3 Å². The molecule has 0 amide bonds. The van der Waals surface area contributed by atoms with Gasteiger partial charge in [0.25, 0.3) is 0 Å². The average Bonchev–Trinajstić information content (AvgIpc) is 2.80. The summed E-state index contributed by atoms with van der Waals surface area (Å²) in [4.78, 5) is 4.73. The second kappa shape index (κ2) is 5.95. The third kappa shape index (κ3) is 2.99. The number of hydrogen-bond acceptors (Lipinski definition) is 3. The third-order valence-corrected chi connectivity index (χ3v) is 4.54. The zero-order valence-corrected chi connectivity index (χ0v) is 13.0. The summed E-state index contributed by atoms with van der Waals surface area (Å²) in [6.07, 6.45) is 0. The molecule has 2 nitrogen and oxygen atoms in total. The van der Waals surface area contributed by atoms with Gasteiger partial charge in [0.15, 0.2) is 0 Å². The highest BCUT2D eigenvalue weighted by Crippen LogP contribution is 2.30. The number of nitrogens with two attached hydrogens (primary N) is 1. The minimum absolute atomic E-state index is 0.360. The second-order valence-corrected chi connectivity index (χ2v) is 6.47. The van der Waals surface area contributed by atoms with Gasteiger partial charge in [-0.1, -0.05) is 41.9 Å². The Bertz CT molecular complexity index is 505. The van der Waals surface area contributed by atoms with Gasteiger partial charge in [0, 0.05) is 27.9 Å². The predicted molar refractivity (Wildman–Crippen MR) is 81.9 cm³/mol. The summed E-state index contributed by atoms with van der Waals surface area (Å²) >= 11 is 5.15. The van der Waals surface area contributed by atoms with Crippen LogP contribution in [0.3, 0.4) is 0 Å². The number of halogens is 1. The fourth-order valence-corrected chi connectivity index (χ4v) is 3.25. The second-order valence-electron chi connectivity index (χ2n) is 4.66. The molecule has 0 saturated carbocycles. The van der Waals surface area contributed by atoms with Crippen LogP contribution in [0.15, 0.2) is 34.1 Å². The molecule has 4 heteroatoms. The van der Waals surface area contributed by atoms with Crippen molar-refractivity contribution in [1.82, 2.24) is 4.98 Å². The summed E-state index contributed by atoms with van der Waals surface area (Å²) in [7, 11) is 0. The Hall–Kier alpha value is -0.710. The standard InChI is InChI=1S/C14H17BrN2S/c1-9(2)12(7-16)14-17-13(8-18-14)10-3-5-11(15)6-4-10/h3-6,8-9,12H,7,16H2,1-2H3. The van der Waals surface area contributed by atoms with Gasteiger partial charge in [0.2, 0.25) is 0 Å². The average molecular weight is 325 g/mol. The van der Waals surface area contributed by atoms with Crippen molar-refractivity contribution < 1.29 is 0 Å². The summed E-state index contributed by atoms with van der Waals surface area (Å²) in [6, 6.07) is 8.24. The number of rotatable bonds is 4. The molecule has 0 fully saturated rings. The normalized spacial score (nSPS) is 12.9. The van der Waals surface area contributed by atoms with Gasteiger partial charge in [0.1, 0.15) is 0 Å². The molecular formula is C14H17BrN2S. The monoisotopic (exact) mass is 324 g/mol. The predicted octanol–water partition coefficient (Wildman–Crippen LogP) is 4.27. The van der Waals surface area contributed by atoms with Crippen LogP contribution < -0.4 is 5.73 Å². The molecule has 2 aromatic rings. The molecule has 1 aromatic heterocycles. The Morgan fingerprint density at radius 2 is 1.94 bits per heavy atom. The highest BCUT2D eigenvalue weighted by Gasteiger charge is 2.18. The van der Waals surface area contributed by atoms with Crippen LogP contribution in [0, 0.1) is 5.92 Å². The van der Waals surface area contributed by atoms with E-state index in [4.69, 9.17) is 10.7 Å². The van der Waals surface area contributed by atoms with E-state index in [-0.39, 0.29) is 0 Å². The van der Waals surface area contributed by atoms with Crippen molar-refractivity contribution in [3.05, 3.63) is 39.1 Å². The molecule has 1 atom stereocenters. The number of hydrogen-bond donors (Lipinski definition) is 1. The number of benzene rings is 1. The van der Waals surface area contributed by atoms with E-state index < -0.39 is 0 Å². The van der Waals surface area contributed by atoms with Crippen molar-refractivity contribution >= 4 is 27.3 Å². The molecular weight excluding hydrogens is 308 g/mol. The highest BCUT2D eigenvalue weighted by atomic mass is 79.9. The summed E-state index contributed by atoms with van der Waals surface area (Å²) < 4.78 is 1.09. The van der Waals surface area contributed by atoms with Gasteiger partial charge >= 0.3 is 0 Å². The number of nitrogens with zero attached hydrogens (tertiary/aromatic N) is 1. The van der Waals surface area contributed by atoms with Crippen LogP contribution in [0.4, 0.5) is 0 Å². The SMILES string of the molecule is CC(C)C(CN)c1nc(-c2ccc(Br)cc2)cs1. The molecule has 0 aliphatic heterocycles. The highest BCUT2D eigenvalue weighted by molar-refractivity contribution is 9.10. The molecule has 1 unspecified atom stereocenters. The van der Waals surface area contributed by atoms with E-state index in [0.29, 0.717) is 18.4 Å². The van der Waals surface area contributed by atoms with Crippen molar-refractivity contribution in [3.8, 4) is 11.3 Å². The maximum Gasteiger partial charge on any atom is 0.0978 e. The van der Waals surface area contributed by atoms with Crippen molar-refractivity contribution in [2.75, 3.05) is 6.54 Å². The van der Waals surface area contributed by atoms with Gasteiger partial charge in [-0.25, -0.2) is 4.98 Å². The molecule has 2 N–H and O–H groups in total. The third-order valence-electron chi connectivity index (χ3n) is 3.04. The first-order chi connectivity index (χ1) is 8.61. The van der Waals surface area contributed by atoms with Crippen LogP contribution in [0.25, 0.3) is 11.3 Å². The van der Waals surface area contributed by atoms with Crippen LogP contribution in [0.5, 0.6) is 0 Å². The molecule has 2 rings (SSSR count). The molecule has 0 aliphatic rings. The van der Waals surface area contributed by atoms with Gasteiger partial charge in [-0.3, -0.25) is 0 Å². The maximum absolute atomic E-state index is 5.83. The lowest BCUT2D eigenvalue weighted by Gasteiger charge is -2.15. The lowest BCUT2D eigenvalue weighted by Crippen LogP contribution is -2.17. The lowest BCUT2D eigenvalue weighted by molar-refractivity contribution is 0.504. The van der Waals surface area contributed by atoms with Crippen LogP contribution >= 0.6 is 27.3 Å². The molecule has 0 bridgehead atoms. The maximum atomic E-state index is 5.83. The number of thiazole rings is 1. The Balaban J connectivity index is 2.27. The lowest BCUT2D eigenvalue weighted by atomic mass is 9.97. The van der Waals surface area contributed by atoms with Crippen LogP contribution in [0.1, 0.15) is 24.8 Å². The van der Waals surface area contributed by atoms with Crippen molar-refractivity contribution in [2.45, 2.75) is 19.8 Å². The Morgan fingerprint density at radius 1 is 1.28 bits per heavy atom. The van der Waals surface area contributed by atoms with Crippen molar-refractivity contribution in [1.29, 1.82) is 0 Å². The summed E-state index contributed by atoms with van der Waals surface area (Å²) in [5.74, 6) is 0.887. The Kier molecular flexibility index (Phi) is 4.54. The zero-order valence-electron chi connectivity index (χ0n) is 10.6. The quantitative estimate of drug-likeness (QED) is 0.912. The van der Waals surface area contributed by atoms with E-state index in [1.807, 2.05) is 12.1 Å². The molecule has 96 valence electrons. The summed E-state index contributed by atoms with van der Waals surface area (Å²) in [6.45, 7) is 5.04. The summed E-state index contributed by atoms with van der Waals surface area (Å²) in [5, 5.41) is 3.26. The molecule has 0 spiro atoms. The van der Waals surface area contributed by atoms with E-state index in [1.165, 1.54) is 0 Å². The van der Waals surface area contributed by atoms with Crippen molar-refractivity contribution in [2.24, 2.45) is 11.7 Å². The van der Waals surface area contributed by atoms with E-state index in [0.717, 1.165) is 20.7 Å². The minimum Gasteiger partial charge on any atom is -0.330 e. The first kappa shape index (κ1) is 13.7. The first-order valence-corrected chi connectivity index (χ1v) is 7.70. The smallest absolute Gasteiger partial charge is 0.0978 e. The fraction of sp³-hybridized carbons (Fsp3) is 0.357. The minimum atomic E-state index is 0.360. The first-order valence-electron chi connectivity index (χ1n) is 6.03. The van der Waals surface area contributed by atoms with Crippen molar-refractivity contribution in [3.63, 3.8) is 0 Å². The summed E-state index contributed by atoms with van der Waals surface area (Å²) in [5.41, 5.74) is 8.03. The van der Waals surface area contributed by atoms with E-state index in [1.54, 1.807) is 11.3 Å². The Morgan fingerprint density at radius 3 is 2.50 bits per heavy atom. The Labute approximate surface area is 120 Å². The molecule has 1 aromatic carbocycles. The van der Waals surface area contributed by atoms with Crippen LogP contribution in [-0.4, -0.2) is 11.5 Å². The van der Waals surface area contributed by atoms with E-state index in [9.17, 15) is 0 Å². The van der Waals surface area contributed by atoms with Crippen LogP contribution in [0.2, 0.25) is 0 Å². The van der Waals surface area contributed by atoms with E-state index >= 15 is 0 Å². The van der Waals surface area contributed by atoms with Gasteiger partial charge in [0.05, 0.1) is 10.7 Å². The fourth-order valence-electron chi connectivity index (χ4n) is 1.87. The van der Waals surface area contributed by atoms with Gasteiger partial charge in [-0.2, -0.15) is 0 Å². The molecule has 0 radical (unpaired) electrons. The van der Waals surface area contributed by atoms with Gasteiger partial charge < -0.3 is 5.73 Å². The molecule has 0 aliphatic carbocycles. The zero-order chi connectivity index (χ0) is 13.1.